The highest BCUT2D eigenvalue weighted by molar-refractivity contribution is 7.92. The smallest absolute Gasteiger partial charge is 0.247 e. The third-order valence-corrected chi connectivity index (χ3v) is 8.29. The van der Waals surface area contributed by atoms with Crippen LogP contribution >= 0.6 is 11.3 Å². The number of aromatic nitrogens is 3. The van der Waals surface area contributed by atoms with Gasteiger partial charge < -0.3 is 10.2 Å². The number of benzene rings is 1. The topological polar surface area (TPSA) is 124 Å². The summed E-state index contributed by atoms with van der Waals surface area (Å²) in [7, 11) is -3.74. The summed E-state index contributed by atoms with van der Waals surface area (Å²) in [6, 6.07) is 12.6. The van der Waals surface area contributed by atoms with E-state index in [0.717, 1.165) is 16.9 Å². The fourth-order valence-corrected chi connectivity index (χ4v) is 6.63. The Hall–Kier alpha value is -3.44. The van der Waals surface area contributed by atoms with E-state index in [1.807, 2.05) is 6.07 Å². The Labute approximate surface area is 186 Å². The van der Waals surface area contributed by atoms with E-state index in [9.17, 15) is 12.8 Å². The van der Waals surface area contributed by atoms with Gasteiger partial charge in [-0.25, -0.2) is 12.8 Å². The first kappa shape index (κ1) is 20.5. The van der Waals surface area contributed by atoms with Crippen LogP contribution in [0.2, 0.25) is 0 Å². The van der Waals surface area contributed by atoms with Crippen LogP contribution in [0, 0.1) is 5.82 Å². The van der Waals surface area contributed by atoms with Crippen LogP contribution in [0.3, 0.4) is 0 Å². The lowest BCUT2D eigenvalue weighted by Crippen LogP contribution is -2.37. The summed E-state index contributed by atoms with van der Waals surface area (Å²) in [6.45, 7) is 0. The summed E-state index contributed by atoms with van der Waals surface area (Å²) in [5, 5.41) is 6.42. The average Bonchev–Trinajstić information content (AvgIpc) is 3.44. The number of hydrogen-bond acceptors (Lipinski definition) is 9. The van der Waals surface area contributed by atoms with E-state index < -0.39 is 26.9 Å². The highest BCUT2D eigenvalue weighted by atomic mass is 32.2. The molecule has 2 unspecified atom stereocenters. The van der Waals surface area contributed by atoms with Gasteiger partial charge in [0.25, 0.3) is 0 Å². The van der Waals surface area contributed by atoms with Crippen LogP contribution in [0.25, 0.3) is 21.9 Å². The molecule has 1 aromatic carbocycles. The predicted octanol–water partition coefficient (Wildman–Crippen LogP) is 3.57. The highest BCUT2D eigenvalue weighted by Crippen LogP contribution is 2.40. The molecule has 5 rings (SSSR count). The molecular weight excluding hydrogens is 453 g/mol. The van der Waals surface area contributed by atoms with Crippen molar-refractivity contribution in [2.24, 2.45) is 10.7 Å². The van der Waals surface area contributed by atoms with Crippen LogP contribution in [-0.2, 0) is 9.84 Å². The minimum absolute atomic E-state index is 0.0901. The lowest BCUT2D eigenvalue weighted by molar-refractivity contribution is 0.568. The summed E-state index contributed by atoms with van der Waals surface area (Å²) in [4.78, 5) is 9.29. The van der Waals surface area contributed by atoms with Gasteiger partial charge in [-0.1, -0.05) is 18.2 Å². The van der Waals surface area contributed by atoms with Gasteiger partial charge in [0.1, 0.15) is 17.7 Å². The van der Waals surface area contributed by atoms with Crippen molar-refractivity contribution >= 4 is 27.0 Å². The van der Waals surface area contributed by atoms with Gasteiger partial charge in [-0.15, -0.1) is 21.5 Å². The van der Waals surface area contributed by atoms with Crippen LogP contribution < -0.4 is 5.73 Å². The first-order chi connectivity index (χ1) is 15.4. The number of nitrogens with zero attached hydrogens (tertiary/aromatic N) is 4. The summed E-state index contributed by atoms with van der Waals surface area (Å²) >= 11 is 1.14. The molecule has 0 bridgehead atoms. The second kappa shape index (κ2) is 7.92. The number of halogens is 1. The largest absolute Gasteiger partial charge is 0.423 e. The zero-order valence-electron chi connectivity index (χ0n) is 16.4. The predicted molar refractivity (Wildman–Crippen MR) is 118 cm³/mol. The van der Waals surface area contributed by atoms with Crippen molar-refractivity contribution in [3.63, 3.8) is 0 Å². The summed E-state index contributed by atoms with van der Waals surface area (Å²) in [6.07, 6.45) is 2.73. The maximum Gasteiger partial charge on any atom is 0.247 e. The third-order valence-electron chi connectivity index (χ3n) is 5.05. The number of pyridine rings is 1. The quantitative estimate of drug-likeness (QED) is 0.484. The Morgan fingerprint density at radius 3 is 2.69 bits per heavy atom. The third kappa shape index (κ3) is 3.69. The molecule has 0 aliphatic carbocycles. The highest BCUT2D eigenvalue weighted by Gasteiger charge is 2.40. The van der Waals surface area contributed by atoms with Crippen molar-refractivity contribution < 1.29 is 17.2 Å². The van der Waals surface area contributed by atoms with Crippen molar-refractivity contribution in [2.45, 2.75) is 11.3 Å². The maximum absolute atomic E-state index is 14.9. The van der Waals surface area contributed by atoms with Gasteiger partial charge in [0.05, 0.1) is 16.3 Å². The molecule has 8 nitrogen and oxygen atoms in total. The minimum Gasteiger partial charge on any atom is -0.423 e. The molecular formula is C21H16FN5O3S2. The van der Waals surface area contributed by atoms with Crippen molar-refractivity contribution in [1.29, 1.82) is 0 Å². The van der Waals surface area contributed by atoms with E-state index in [-0.39, 0.29) is 16.5 Å². The number of rotatable bonds is 4. The molecule has 3 aromatic heterocycles. The molecule has 0 saturated heterocycles. The van der Waals surface area contributed by atoms with Crippen LogP contribution in [0.5, 0.6) is 0 Å². The molecule has 11 heteroatoms. The molecule has 1 aliphatic rings. The Bertz CT molecular complexity index is 1400. The molecule has 0 spiro atoms. The average molecular weight is 470 g/mol. The van der Waals surface area contributed by atoms with Gasteiger partial charge in [0.15, 0.2) is 15.1 Å². The number of thiophene rings is 1. The first-order valence-corrected chi connectivity index (χ1v) is 12.1. The van der Waals surface area contributed by atoms with Crippen molar-refractivity contribution in [3.05, 3.63) is 77.5 Å². The molecule has 32 heavy (non-hydrogen) atoms. The second-order valence-corrected chi connectivity index (χ2v) is 10.4. The minimum atomic E-state index is -3.74. The molecule has 162 valence electrons. The van der Waals surface area contributed by atoms with E-state index in [1.165, 1.54) is 18.7 Å². The molecule has 0 fully saturated rings. The Morgan fingerprint density at radius 2 is 1.97 bits per heavy atom. The van der Waals surface area contributed by atoms with Crippen LogP contribution in [0.4, 0.5) is 4.39 Å². The summed E-state index contributed by atoms with van der Waals surface area (Å²) in [5.74, 6) is -0.622. The van der Waals surface area contributed by atoms with Gasteiger partial charge in [0, 0.05) is 16.6 Å². The Morgan fingerprint density at radius 1 is 1.12 bits per heavy atom. The maximum atomic E-state index is 14.9. The van der Waals surface area contributed by atoms with Gasteiger partial charge in [-0.3, -0.25) is 9.98 Å². The Kier molecular flexibility index (Phi) is 5.06. The number of aliphatic imine (C=N–C) groups is 1. The van der Waals surface area contributed by atoms with E-state index in [1.54, 1.807) is 36.4 Å². The molecule has 1 aliphatic heterocycles. The van der Waals surface area contributed by atoms with Crippen LogP contribution in [0.15, 0.2) is 70.5 Å². The van der Waals surface area contributed by atoms with Crippen molar-refractivity contribution in [3.8, 4) is 21.9 Å². The molecule has 2 N–H and O–H groups in total. The number of amidine groups is 1. The summed E-state index contributed by atoms with van der Waals surface area (Å²) < 4.78 is 46.1. The SMILES string of the molecule is NC1=NC(c2sc(-c3cccc(-c4nnco4)c3)cc2F)CS(=O)(=O)C1c1ccccn1. The number of sulfone groups is 1. The molecule has 4 heterocycles. The zero-order chi connectivity index (χ0) is 22.3. The van der Waals surface area contributed by atoms with Gasteiger partial charge in [-0.2, -0.15) is 0 Å². The lowest BCUT2D eigenvalue weighted by Gasteiger charge is -2.25. The second-order valence-electron chi connectivity index (χ2n) is 7.18. The van der Waals surface area contributed by atoms with E-state index in [0.29, 0.717) is 22.0 Å². The van der Waals surface area contributed by atoms with Crippen molar-refractivity contribution in [1.82, 2.24) is 15.2 Å². The number of hydrogen-bond donors (Lipinski definition) is 1. The summed E-state index contributed by atoms with van der Waals surface area (Å²) in [5.41, 5.74) is 7.77. The molecule has 2 atom stereocenters. The fraction of sp³-hybridized carbons (Fsp3) is 0.143. The fourth-order valence-electron chi connectivity index (χ4n) is 3.64. The van der Waals surface area contributed by atoms with Gasteiger partial charge >= 0.3 is 0 Å². The van der Waals surface area contributed by atoms with Gasteiger partial charge in [0.2, 0.25) is 12.3 Å². The van der Waals surface area contributed by atoms with Crippen molar-refractivity contribution in [2.75, 3.05) is 5.75 Å². The molecule has 0 amide bonds. The normalized spacial score (nSPS) is 20.1. The van der Waals surface area contributed by atoms with Crippen LogP contribution in [-0.4, -0.2) is 35.2 Å². The number of nitrogens with two attached hydrogens (primary N) is 1. The molecule has 0 saturated carbocycles. The molecule has 0 radical (unpaired) electrons. The lowest BCUT2D eigenvalue weighted by atomic mass is 10.1. The van der Waals surface area contributed by atoms with Gasteiger partial charge in [-0.05, 0) is 35.9 Å². The Balaban J connectivity index is 1.50. The first-order valence-electron chi connectivity index (χ1n) is 9.54. The molecule has 4 aromatic rings. The zero-order valence-corrected chi connectivity index (χ0v) is 18.1. The van der Waals surface area contributed by atoms with Crippen LogP contribution in [0.1, 0.15) is 21.9 Å². The monoisotopic (exact) mass is 469 g/mol. The van der Waals surface area contributed by atoms with E-state index in [4.69, 9.17) is 10.2 Å². The standard InChI is InChI=1S/C21H16FN5O3S2/c22-14-9-17(12-4-3-5-13(8-12)21-27-25-11-30-21)31-18(14)16-10-32(28,29)19(20(23)26-16)15-6-1-2-7-24-15/h1-9,11,16,19H,10H2,(H2,23,26). The van der Waals surface area contributed by atoms with E-state index >= 15 is 0 Å². The van der Waals surface area contributed by atoms with E-state index in [2.05, 4.69) is 20.2 Å².